The summed E-state index contributed by atoms with van der Waals surface area (Å²) in [6.45, 7) is 6.18. The van der Waals surface area contributed by atoms with Crippen molar-refractivity contribution in [2.24, 2.45) is 0 Å². The van der Waals surface area contributed by atoms with Gasteiger partial charge in [-0.25, -0.2) is 13.2 Å². The third-order valence-corrected chi connectivity index (χ3v) is 9.95. The van der Waals surface area contributed by atoms with E-state index >= 15 is 0 Å². The molecule has 9 nitrogen and oxygen atoms in total. The van der Waals surface area contributed by atoms with Gasteiger partial charge in [-0.05, 0) is 53.7 Å². The SMILES string of the molecule is C=CC(c1ccc(C)cc1)S(=O)(=O)N(CC(=O)OC)Cc1c(C(=O)OC)c(C)c(Br)c(=O)n1C1CCCC1. The molecular formula is C27H33BrN2O7S. The van der Waals surface area contributed by atoms with Crippen molar-refractivity contribution in [3.05, 3.63) is 79.7 Å². The van der Waals surface area contributed by atoms with E-state index in [4.69, 9.17) is 9.47 Å². The predicted molar refractivity (Wildman–Crippen MR) is 147 cm³/mol. The van der Waals surface area contributed by atoms with Gasteiger partial charge in [0.05, 0.1) is 36.5 Å². The van der Waals surface area contributed by atoms with Crippen molar-refractivity contribution in [3.63, 3.8) is 0 Å². The highest BCUT2D eigenvalue weighted by atomic mass is 79.9. The molecule has 1 aromatic carbocycles. The highest BCUT2D eigenvalue weighted by Crippen LogP contribution is 2.34. The van der Waals surface area contributed by atoms with E-state index in [1.54, 1.807) is 31.2 Å². The van der Waals surface area contributed by atoms with Gasteiger partial charge in [-0.2, -0.15) is 4.31 Å². The third kappa shape index (κ3) is 5.94. The maximum atomic E-state index is 14.1. The van der Waals surface area contributed by atoms with Crippen LogP contribution in [-0.4, -0.2) is 50.0 Å². The zero-order valence-corrected chi connectivity index (χ0v) is 24.4. The molecule has 0 saturated heterocycles. The fourth-order valence-electron chi connectivity index (χ4n) is 4.87. The summed E-state index contributed by atoms with van der Waals surface area (Å²) in [5, 5.41) is -1.18. The third-order valence-electron chi connectivity index (χ3n) is 6.93. The van der Waals surface area contributed by atoms with Crippen LogP contribution in [0.4, 0.5) is 0 Å². The Balaban J connectivity index is 2.26. The fourth-order valence-corrected chi connectivity index (χ4v) is 6.91. The number of pyridine rings is 1. The van der Waals surface area contributed by atoms with Crippen LogP contribution in [0.2, 0.25) is 0 Å². The molecule has 38 heavy (non-hydrogen) atoms. The number of sulfonamides is 1. The Hall–Kier alpha value is -2.76. The number of carbonyl (C=O) groups excluding carboxylic acids is 2. The number of benzene rings is 1. The summed E-state index contributed by atoms with van der Waals surface area (Å²) in [5.41, 5.74) is 1.64. The van der Waals surface area contributed by atoms with Crippen LogP contribution in [0.3, 0.4) is 0 Å². The average Bonchev–Trinajstić information content (AvgIpc) is 3.42. The van der Waals surface area contributed by atoms with Crippen LogP contribution in [-0.2, 0) is 30.8 Å². The van der Waals surface area contributed by atoms with Gasteiger partial charge < -0.3 is 14.0 Å². The van der Waals surface area contributed by atoms with E-state index in [0.29, 0.717) is 24.0 Å². The Morgan fingerprint density at radius 1 is 1.16 bits per heavy atom. The zero-order chi connectivity index (χ0) is 28.2. The number of aryl methyl sites for hydroxylation is 1. The normalized spacial score (nSPS) is 14.9. The molecule has 1 saturated carbocycles. The van der Waals surface area contributed by atoms with E-state index in [0.717, 1.165) is 29.8 Å². The minimum Gasteiger partial charge on any atom is -0.468 e. The molecule has 11 heteroatoms. The zero-order valence-electron chi connectivity index (χ0n) is 22.0. The number of halogens is 1. The van der Waals surface area contributed by atoms with Crippen LogP contribution >= 0.6 is 15.9 Å². The van der Waals surface area contributed by atoms with Crippen LogP contribution in [0.25, 0.3) is 0 Å². The molecule has 1 unspecified atom stereocenters. The molecule has 3 rings (SSSR count). The standard InChI is InChI=1S/C27H33BrN2O7S/c1-6-22(19-13-11-17(2)12-14-19)38(34,35)29(16-23(31)36-4)15-21-24(27(33)37-5)18(3)25(28)26(32)30(21)20-9-7-8-10-20/h6,11-14,20,22H,1,7-10,15-16H2,2-5H3. The minimum absolute atomic E-state index is 0.0847. The molecule has 1 heterocycles. The number of esters is 2. The van der Waals surface area contributed by atoms with E-state index in [1.807, 2.05) is 6.92 Å². The van der Waals surface area contributed by atoms with Crippen molar-refractivity contribution in [1.82, 2.24) is 8.87 Å². The van der Waals surface area contributed by atoms with Crippen molar-refractivity contribution < 1.29 is 27.5 Å². The number of nitrogens with zero attached hydrogens (tertiary/aromatic N) is 2. The molecule has 1 fully saturated rings. The minimum atomic E-state index is -4.27. The molecule has 0 aliphatic heterocycles. The molecule has 1 aliphatic carbocycles. The van der Waals surface area contributed by atoms with Gasteiger partial charge in [0, 0.05) is 6.04 Å². The molecule has 0 bridgehead atoms. The summed E-state index contributed by atoms with van der Waals surface area (Å²) in [4.78, 5) is 38.9. The van der Waals surface area contributed by atoms with Crippen molar-refractivity contribution in [2.45, 2.75) is 57.4 Å². The maximum Gasteiger partial charge on any atom is 0.340 e. The van der Waals surface area contributed by atoms with Gasteiger partial charge >= 0.3 is 11.9 Å². The van der Waals surface area contributed by atoms with Gasteiger partial charge in [-0.1, -0.05) is 48.7 Å². The van der Waals surface area contributed by atoms with Gasteiger partial charge in [-0.3, -0.25) is 9.59 Å². The number of hydrogen-bond donors (Lipinski definition) is 0. The Morgan fingerprint density at radius 2 is 1.76 bits per heavy atom. The first-order valence-electron chi connectivity index (χ1n) is 12.2. The smallest absolute Gasteiger partial charge is 0.340 e. The van der Waals surface area contributed by atoms with Gasteiger partial charge in [0.15, 0.2) is 0 Å². The van der Waals surface area contributed by atoms with Crippen LogP contribution in [0.5, 0.6) is 0 Å². The molecule has 1 aliphatic rings. The number of aromatic nitrogens is 1. The number of carbonyl (C=O) groups is 2. The summed E-state index contributed by atoms with van der Waals surface area (Å²) in [7, 11) is -1.89. The van der Waals surface area contributed by atoms with Gasteiger partial charge in [0.25, 0.3) is 5.56 Å². The number of ether oxygens (including phenoxy) is 2. The van der Waals surface area contributed by atoms with Gasteiger partial charge in [0.1, 0.15) is 11.8 Å². The lowest BCUT2D eigenvalue weighted by atomic mass is 10.0. The highest BCUT2D eigenvalue weighted by Gasteiger charge is 2.37. The largest absolute Gasteiger partial charge is 0.468 e. The molecule has 0 spiro atoms. The summed E-state index contributed by atoms with van der Waals surface area (Å²) in [6, 6.07) is 6.73. The van der Waals surface area contributed by atoms with E-state index in [9.17, 15) is 22.8 Å². The van der Waals surface area contributed by atoms with Crippen molar-refractivity contribution >= 4 is 37.9 Å². The second-order valence-electron chi connectivity index (χ2n) is 9.32. The average molecular weight is 610 g/mol. The van der Waals surface area contributed by atoms with Crippen LogP contribution in [0.15, 0.2) is 46.2 Å². The molecule has 0 amide bonds. The van der Waals surface area contributed by atoms with Gasteiger partial charge in [-0.15, -0.1) is 6.58 Å². The first-order valence-corrected chi connectivity index (χ1v) is 14.5. The van der Waals surface area contributed by atoms with E-state index in [2.05, 4.69) is 22.5 Å². The molecule has 1 aromatic heterocycles. The second-order valence-corrected chi connectivity index (χ2v) is 12.2. The van der Waals surface area contributed by atoms with Crippen LogP contribution < -0.4 is 5.56 Å². The Kier molecular flexibility index (Phi) is 9.72. The van der Waals surface area contributed by atoms with Crippen LogP contribution in [0.1, 0.15) is 69.7 Å². The van der Waals surface area contributed by atoms with Crippen molar-refractivity contribution in [1.29, 1.82) is 0 Å². The lowest BCUT2D eigenvalue weighted by Crippen LogP contribution is -2.41. The Morgan fingerprint density at radius 3 is 2.29 bits per heavy atom. The molecule has 1 atom stereocenters. The van der Waals surface area contributed by atoms with Crippen molar-refractivity contribution in [3.8, 4) is 0 Å². The molecule has 206 valence electrons. The monoisotopic (exact) mass is 608 g/mol. The first-order chi connectivity index (χ1) is 18.0. The lowest BCUT2D eigenvalue weighted by Gasteiger charge is -2.29. The quantitative estimate of drug-likeness (QED) is 0.291. The molecule has 2 aromatic rings. The Bertz CT molecular complexity index is 1380. The topological polar surface area (TPSA) is 112 Å². The maximum absolute atomic E-state index is 14.1. The second kappa shape index (κ2) is 12.4. The van der Waals surface area contributed by atoms with E-state index in [-0.39, 0.29) is 27.3 Å². The summed E-state index contributed by atoms with van der Waals surface area (Å²) >= 11 is 3.33. The van der Waals surface area contributed by atoms with E-state index < -0.39 is 40.3 Å². The highest BCUT2D eigenvalue weighted by molar-refractivity contribution is 9.10. The van der Waals surface area contributed by atoms with Crippen molar-refractivity contribution in [2.75, 3.05) is 20.8 Å². The number of methoxy groups -OCH3 is 2. The number of rotatable bonds is 10. The molecule has 0 N–H and O–H groups in total. The number of hydrogen-bond acceptors (Lipinski definition) is 7. The summed E-state index contributed by atoms with van der Waals surface area (Å²) < 4.78 is 40.6. The van der Waals surface area contributed by atoms with E-state index in [1.165, 1.54) is 17.8 Å². The molecular weight excluding hydrogens is 576 g/mol. The fraction of sp³-hybridized carbons (Fsp3) is 0.444. The van der Waals surface area contributed by atoms with Crippen LogP contribution in [0, 0.1) is 13.8 Å². The first kappa shape index (κ1) is 29.8. The predicted octanol–water partition coefficient (Wildman–Crippen LogP) is 4.36. The molecule has 0 radical (unpaired) electrons. The lowest BCUT2D eigenvalue weighted by molar-refractivity contribution is -0.140. The Labute approximate surface area is 231 Å². The summed E-state index contributed by atoms with van der Waals surface area (Å²) in [5.74, 6) is -1.50. The van der Waals surface area contributed by atoms with Gasteiger partial charge in [0.2, 0.25) is 10.0 Å². The summed E-state index contributed by atoms with van der Waals surface area (Å²) in [6.07, 6.45) is 4.48.